The summed E-state index contributed by atoms with van der Waals surface area (Å²) in [5.41, 5.74) is -0.299. The van der Waals surface area contributed by atoms with Crippen LogP contribution in [0.15, 0.2) is 5.38 Å². The van der Waals surface area contributed by atoms with Gasteiger partial charge in [-0.15, -0.1) is 11.3 Å². The number of amides is 1. The lowest BCUT2D eigenvalue weighted by Crippen LogP contribution is -2.50. The predicted molar refractivity (Wildman–Crippen MR) is 80.4 cm³/mol. The molecule has 1 aromatic heterocycles. The fraction of sp³-hybridized carbons (Fsp3) is 0.643. The average Bonchev–Trinajstić information content (AvgIpc) is 2.95. The molecule has 0 aromatic carbocycles. The molecule has 1 amide bonds. The van der Waals surface area contributed by atoms with Crippen molar-refractivity contribution in [2.24, 2.45) is 5.41 Å². The number of hydrogen-bond donors (Lipinski definition) is 3. The number of aromatic carboxylic acids is 1. The molecule has 0 spiro atoms. The molecular formula is C14H21N3O3S. The Bertz CT molecular complexity index is 504. The summed E-state index contributed by atoms with van der Waals surface area (Å²) in [7, 11) is 0. The Morgan fingerprint density at radius 2 is 2.38 bits per heavy atom. The van der Waals surface area contributed by atoms with Crippen molar-refractivity contribution in [2.45, 2.75) is 39.2 Å². The van der Waals surface area contributed by atoms with Crippen LogP contribution in [-0.2, 0) is 11.3 Å². The van der Waals surface area contributed by atoms with Crippen molar-refractivity contribution < 1.29 is 14.7 Å². The number of carboxylic acid groups (broad SMARTS) is 1. The number of carbonyl (C=O) groups is 2. The van der Waals surface area contributed by atoms with Crippen molar-refractivity contribution in [3.8, 4) is 0 Å². The number of carbonyl (C=O) groups excluding carboxylic acids is 1. The maximum absolute atomic E-state index is 12.5. The normalized spacial score (nSPS) is 22.0. The van der Waals surface area contributed by atoms with Crippen molar-refractivity contribution in [1.29, 1.82) is 0 Å². The molecule has 0 aliphatic carbocycles. The second kappa shape index (κ2) is 7.00. The molecule has 6 nitrogen and oxygen atoms in total. The molecule has 0 bridgehead atoms. The minimum Gasteiger partial charge on any atom is -0.476 e. The van der Waals surface area contributed by atoms with Gasteiger partial charge in [0.15, 0.2) is 5.69 Å². The van der Waals surface area contributed by atoms with Gasteiger partial charge in [0, 0.05) is 11.9 Å². The minimum absolute atomic E-state index is 0.0341. The van der Waals surface area contributed by atoms with Gasteiger partial charge in [-0.1, -0.05) is 13.3 Å². The lowest BCUT2D eigenvalue weighted by molar-refractivity contribution is -0.132. The molecular weight excluding hydrogens is 290 g/mol. The van der Waals surface area contributed by atoms with Crippen molar-refractivity contribution in [1.82, 2.24) is 15.6 Å². The van der Waals surface area contributed by atoms with Gasteiger partial charge in [0.1, 0.15) is 5.01 Å². The van der Waals surface area contributed by atoms with Crippen LogP contribution in [0.25, 0.3) is 0 Å². The molecule has 1 saturated heterocycles. The number of carboxylic acids is 1. The van der Waals surface area contributed by atoms with E-state index in [1.807, 2.05) is 0 Å². The first-order valence-corrected chi connectivity index (χ1v) is 8.12. The number of rotatable bonds is 6. The number of aromatic nitrogens is 1. The molecule has 7 heteroatoms. The fourth-order valence-corrected chi connectivity index (χ4v) is 3.51. The molecule has 1 fully saturated rings. The SMILES string of the molecule is CCCC1(C(=O)NCc2nc(C(=O)O)cs2)CCCNC1. The molecule has 3 N–H and O–H groups in total. The van der Waals surface area contributed by atoms with Crippen LogP contribution in [0.1, 0.15) is 48.1 Å². The molecule has 2 heterocycles. The van der Waals surface area contributed by atoms with E-state index >= 15 is 0 Å². The second-order valence-corrected chi connectivity index (χ2v) is 6.37. The first-order chi connectivity index (χ1) is 10.1. The molecule has 1 atom stereocenters. The van der Waals surface area contributed by atoms with Gasteiger partial charge in [-0.25, -0.2) is 9.78 Å². The van der Waals surface area contributed by atoms with Gasteiger partial charge in [0.25, 0.3) is 0 Å². The summed E-state index contributed by atoms with van der Waals surface area (Å²) >= 11 is 1.26. The van der Waals surface area contributed by atoms with Gasteiger partial charge in [0.2, 0.25) is 5.91 Å². The van der Waals surface area contributed by atoms with Gasteiger partial charge in [-0.2, -0.15) is 0 Å². The Morgan fingerprint density at radius 3 is 2.95 bits per heavy atom. The zero-order chi connectivity index (χ0) is 15.3. The lowest BCUT2D eigenvalue weighted by Gasteiger charge is -2.36. The Labute approximate surface area is 128 Å². The fourth-order valence-electron chi connectivity index (χ4n) is 2.80. The first-order valence-electron chi connectivity index (χ1n) is 7.24. The van der Waals surface area contributed by atoms with Crippen LogP contribution in [0.2, 0.25) is 0 Å². The van der Waals surface area contributed by atoms with Gasteiger partial charge in [-0.3, -0.25) is 4.79 Å². The molecule has 0 saturated carbocycles. The van der Waals surface area contributed by atoms with E-state index in [4.69, 9.17) is 5.11 Å². The summed E-state index contributed by atoms with van der Waals surface area (Å²) in [4.78, 5) is 27.3. The molecule has 1 unspecified atom stereocenters. The van der Waals surface area contributed by atoms with Crippen molar-refractivity contribution in [3.05, 3.63) is 16.1 Å². The Balaban J connectivity index is 1.96. The highest BCUT2D eigenvalue weighted by Crippen LogP contribution is 2.32. The van der Waals surface area contributed by atoms with E-state index in [9.17, 15) is 9.59 Å². The molecule has 116 valence electrons. The van der Waals surface area contributed by atoms with E-state index in [0.717, 1.165) is 32.2 Å². The number of hydrogen-bond acceptors (Lipinski definition) is 5. The molecule has 2 rings (SSSR count). The van der Waals surface area contributed by atoms with Gasteiger partial charge in [0.05, 0.1) is 12.0 Å². The van der Waals surface area contributed by atoms with Crippen molar-refractivity contribution >= 4 is 23.2 Å². The standard InChI is InChI=1S/C14H21N3O3S/c1-2-4-14(5-3-6-15-9-14)13(20)16-7-11-17-10(8-21-11)12(18)19/h8,15H,2-7,9H2,1H3,(H,16,20)(H,18,19). The largest absolute Gasteiger partial charge is 0.476 e. The minimum atomic E-state index is -1.04. The van der Waals surface area contributed by atoms with Crippen LogP contribution in [-0.4, -0.2) is 35.1 Å². The van der Waals surface area contributed by atoms with Gasteiger partial charge < -0.3 is 15.7 Å². The molecule has 1 aliphatic heterocycles. The predicted octanol–water partition coefficient (Wildman–Crippen LogP) is 1.63. The third-order valence-corrected chi connectivity index (χ3v) is 4.70. The van der Waals surface area contributed by atoms with Crippen LogP contribution in [0.3, 0.4) is 0 Å². The zero-order valence-corrected chi connectivity index (χ0v) is 13.0. The molecule has 0 radical (unpaired) electrons. The lowest BCUT2D eigenvalue weighted by atomic mass is 9.76. The topological polar surface area (TPSA) is 91.3 Å². The van der Waals surface area contributed by atoms with E-state index in [-0.39, 0.29) is 17.0 Å². The molecule has 1 aliphatic rings. The smallest absolute Gasteiger partial charge is 0.355 e. The average molecular weight is 311 g/mol. The van der Waals surface area contributed by atoms with E-state index in [0.29, 0.717) is 18.1 Å². The van der Waals surface area contributed by atoms with E-state index < -0.39 is 5.97 Å². The third kappa shape index (κ3) is 3.79. The van der Waals surface area contributed by atoms with E-state index in [2.05, 4.69) is 22.5 Å². The first kappa shape index (κ1) is 15.9. The summed E-state index contributed by atoms with van der Waals surface area (Å²) in [6, 6.07) is 0. The number of nitrogens with one attached hydrogen (secondary N) is 2. The summed E-state index contributed by atoms with van der Waals surface area (Å²) in [6.45, 7) is 4.06. The van der Waals surface area contributed by atoms with Gasteiger partial charge in [-0.05, 0) is 25.8 Å². The summed E-state index contributed by atoms with van der Waals surface area (Å²) in [5.74, 6) is -0.994. The highest BCUT2D eigenvalue weighted by Gasteiger charge is 2.38. The Morgan fingerprint density at radius 1 is 1.57 bits per heavy atom. The van der Waals surface area contributed by atoms with Crippen molar-refractivity contribution in [3.63, 3.8) is 0 Å². The molecule has 21 heavy (non-hydrogen) atoms. The Hall–Kier alpha value is -1.47. The van der Waals surface area contributed by atoms with E-state index in [1.165, 1.54) is 16.7 Å². The second-order valence-electron chi connectivity index (χ2n) is 5.42. The van der Waals surface area contributed by atoms with Crippen molar-refractivity contribution in [2.75, 3.05) is 13.1 Å². The van der Waals surface area contributed by atoms with Crippen LogP contribution >= 0.6 is 11.3 Å². The quantitative estimate of drug-likeness (QED) is 0.742. The monoisotopic (exact) mass is 311 g/mol. The van der Waals surface area contributed by atoms with Crippen LogP contribution < -0.4 is 10.6 Å². The summed E-state index contributed by atoms with van der Waals surface area (Å²) in [5, 5.41) is 17.2. The van der Waals surface area contributed by atoms with Crippen LogP contribution in [0.5, 0.6) is 0 Å². The highest BCUT2D eigenvalue weighted by atomic mass is 32.1. The zero-order valence-electron chi connectivity index (χ0n) is 12.1. The van der Waals surface area contributed by atoms with Gasteiger partial charge >= 0.3 is 5.97 Å². The third-order valence-electron chi connectivity index (χ3n) is 3.85. The number of nitrogens with zero attached hydrogens (tertiary/aromatic N) is 1. The summed E-state index contributed by atoms with van der Waals surface area (Å²) in [6.07, 6.45) is 3.74. The Kier molecular flexibility index (Phi) is 5.30. The highest BCUT2D eigenvalue weighted by molar-refractivity contribution is 7.09. The van der Waals surface area contributed by atoms with Crippen LogP contribution in [0.4, 0.5) is 0 Å². The number of piperidine rings is 1. The molecule has 1 aromatic rings. The maximum atomic E-state index is 12.5. The van der Waals surface area contributed by atoms with E-state index in [1.54, 1.807) is 0 Å². The maximum Gasteiger partial charge on any atom is 0.355 e. The van der Waals surface area contributed by atoms with Crippen LogP contribution in [0, 0.1) is 5.41 Å². The number of thiazole rings is 1. The summed E-state index contributed by atoms with van der Waals surface area (Å²) < 4.78 is 0.